The quantitative estimate of drug-likeness (QED) is 0.746. The van der Waals surface area contributed by atoms with E-state index in [1.54, 1.807) is 6.26 Å². The first-order valence-corrected chi connectivity index (χ1v) is 5.16. The second-order valence-corrected chi connectivity index (χ2v) is 3.67. The zero-order valence-corrected chi connectivity index (χ0v) is 8.20. The zero-order chi connectivity index (χ0) is 9.80. The van der Waals surface area contributed by atoms with E-state index in [1.165, 1.54) is 0 Å². The highest BCUT2D eigenvalue weighted by atomic mass is 16.3. The molecular weight excluding hydrogens is 180 g/mol. The van der Waals surface area contributed by atoms with Gasteiger partial charge in [0.05, 0.1) is 5.69 Å². The summed E-state index contributed by atoms with van der Waals surface area (Å²) in [7, 11) is 0. The minimum Gasteiger partial charge on any atom is -0.448 e. The van der Waals surface area contributed by atoms with Crippen LogP contribution in [0, 0.1) is 0 Å². The van der Waals surface area contributed by atoms with Gasteiger partial charge in [0.25, 0.3) is 0 Å². The SMILES string of the molecule is OCCc1coc(C2CCNCC2)n1. The van der Waals surface area contributed by atoms with Crippen LogP contribution < -0.4 is 5.32 Å². The number of piperidine rings is 1. The monoisotopic (exact) mass is 196 g/mol. The summed E-state index contributed by atoms with van der Waals surface area (Å²) >= 11 is 0. The van der Waals surface area contributed by atoms with Gasteiger partial charge < -0.3 is 14.8 Å². The standard InChI is InChI=1S/C10H16N2O2/c13-6-3-9-7-14-10(12-9)8-1-4-11-5-2-8/h7-8,11,13H,1-6H2. The number of oxazole rings is 1. The first-order valence-electron chi connectivity index (χ1n) is 5.16. The number of aromatic nitrogens is 1. The number of aliphatic hydroxyl groups is 1. The molecule has 0 spiro atoms. The summed E-state index contributed by atoms with van der Waals surface area (Å²) < 4.78 is 5.41. The van der Waals surface area contributed by atoms with Crippen molar-refractivity contribution in [3.63, 3.8) is 0 Å². The van der Waals surface area contributed by atoms with Gasteiger partial charge in [0.1, 0.15) is 6.26 Å². The molecule has 0 aromatic carbocycles. The summed E-state index contributed by atoms with van der Waals surface area (Å²) in [4.78, 5) is 4.37. The molecule has 0 unspecified atom stereocenters. The molecule has 0 amide bonds. The minimum absolute atomic E-state index is 0.137. The molecule has 14 heavy (non-hydrogen) atoms. The Kier molecular flexibility index (Phi) is 3.16. The van der Waals surface area contributed by atoms with Crippen LogP contribution >= 0.6 is 0 Å². The van der Waals surface area contributed by atoms with Gasteiger partial charge in [0.15, 0.2) is 5.89 Å². The number of nitrogens with one attached hydrogen (secondary N) is 1. The van der Waals surface area contributed by atoms with Crippen molar-refractivity contribution in [1.82, 2.24) is 10.3 Å². The Hall–Kier alpha value is -0.870. The third-order valence-corrected chi connectivity index (χ3v) is 2.63. The van der Waals surface area contributed by atoms with Crippen molar-refractivity contribution in [2.75, 3.05) is 19.7 Å². The van der Waals surface area contributed by atoms with Gasteiger partial charge in [0.2, 0.25) is 0 Å². The zero-order valence-electron chi connectivity index (χ0n) is 8.20. The van der Waals surface area contributed by atoms with E-state index >= 15 is 0 Å². The molecule has 2 rings (SSSR count). The molecule has 2 N–H and O–H groups in total. The molecule has 1 fully saturated rings. The Bertz CT molecular complexity index is 279. The van der Waals surface area contributed by atoms with Crippen molar-refractivity contribution < 1.29 is 9.52 Å². The number of rotatable bonds is 3. The normalized spacial score (nSPS) is 18.6. The summed E-state index contributed by atoms with van der Waals surface area (Å²) in [5, 5.41) is 12.1. The summed E-state index contributed by atoms with van der Waals surface area (Å²) in [6, 6.07) is 0. The topological polar surface area (TPSA) is 58.3 Å². The highest BCUT2D eigenvalue weighted by molar-refractivity contribution is 5.02. The van der Waals surface area contributed by atoms with E-state index in [0.29, 0.717) is 12.3 Å². The molecule has 0 atom stereocenters. The van der Waals surface area contributed by atoms with Crippen LogP contribution in [0.4, 0.5) is 0 Å². The average molecular weight is 196 g/mol. The molecular formula is C10H16N2O2. The second-order valence-electron chi connectivity index (χ2n) is 3.67. The molecule has 1 saturated heterocycles. The van der Waals surface area contributed by atoms with E-state index < -0.39 is 0 Å². The molecule has 1 aromatic rings. The third kappa shape index (κ3) is 2.13. The first-order chi connectivity index (χ1) is 6.90. The summed E-state index contributed by atoms with van der Waals surface area (Å²) in [6.07, 6.45) is 4.44. The second kappa shape index (κ2) is 4.57. The Morgan fingerprint density at radius 3 is 3.00 bits per heavy atom. The maximum Gasteiger partial charge on any atom is 0.197 e. The molecule has 1 aliphatic heterocycles. The fourth-order valence-electron chi connectivity index (χ4n) is 1.81. The Morgan fingerprint density at radius 1 is 1.50 bits per heavy atom. The van der Waals surface area contributed by atoms with Crippen molar-refractivity contribution in [3.05, 3.63) is 17.8 Å². The molecule has 0 aliphatic carbocycles. The van der Waals surface area contributed by atoms with E-state index in [1.807, 2.05) is 0 Å². The lowest BCUT2D eigenvalue weighted by Crippen LogP contribution is -2.26. The van der Waals surface area contributed by atoms with Crippen LogP contribution in [0.5, 0.6) is 0 Å². The Labute approximate surface area is 83.3 Å². The largest absolute Gasteiger partial charge is 0.448 e. The number of hydrogen-bond acceptors (Lipinski definition) is 4. The van der Waals surface area contributed by atoms with Crippen LogP contribution in [0.1, 0.15) is 30.3 Å². The van der Waals surface area contributed by atoms with Crippen molar-refractivity contribution in [2.24, 2.45) is 0 Å². The van der Waals surface area contributed by atoms with Crippen molar-refractivity contribution in [1.29, 1.82) is 0 Å². The molecule has 78 valence electrons. The van der Waals surface area contributed by atoms with Gasteiger partial charge in [0, 0.05) is 18.9 Å². The van der Waals surface area contributed by atoms with E-state index in [4.69, 9.17) is 9.52 Å². The van der Waals surface area contributed by atoms with Gasteiger partial charge in [-0.3, -0.25) is 0 Å². The van der Waals surface area contributed by atoms with Gasteiger partial charge >= 0.3 is 0 Å². The van der Waals surface area contributed by atoms with Gasteiger partial charge in [-0.25, -0.2) is 4.98 Å². The first kappa shape index (κ1) is 9.68. The van der Waals surface area contributed by atoms with Gasteiger partial charge in [-0.1, -0.05) is 0 Å². The summed E-state index contributed by atoms with van der Waals surface area (Å²) in [6.45, 7) is 2.23. The van der Waals surface area contributed by atoms with Crippen molar-refractivity contribution in [2.45, 2.75) is 25.2 Å². The van der Waals surface area contributed by atoms with Crippen LogP contribution in [0.15, 0.2) is 10.7 Å². The average Bonchev–Trinajstić information content (AvgIpc) is 2.68. The van der Waals surface area contributed by atoms with Crippen molar-refractivity contribution >= 4 is 0 Å². The van der Waals surface area contributed by atoms with Crippen LogP contribution in [0.2, 0.25) is 0 Å². The lowest BCUT2D eigenvalue weighted by atomic mass is 9.98. The molecule has 2 heterocycles. The van der Waals surface area contributed by atoms with E-state index in [9.17, 15) is 0 Å². The smallest absolute Gasteiger partial charge is 0.197 e. The van der Waals surface area contributed by atoms with Crippen LogP contribution in [-0.2, 0) is 6.42 Å². The molecule has 1 aromatic heterocycles. The fourth-order valence-corrected chi connectivity index (χ4v) is 1.81. The minimum atomic E-state index is 0.137. The lowest BCUT2D eigenvalue weighted by molar-refractivity contribution is 0.298. The maximum atomic E-state index is 8.75. The number of aliphatic hydroxyl groups excluding tert-OH is 1. The molecule has 1 aliphatic rings. The van der Waals surface area contributed by atoms with E-state index in [0.717, 1.165) is 37.5 Å². The molecule has 0 saturated carbocycles. The van der Waals surface area contributed by atoms with Crippen LogP contribution in [0.3, 0.4) is 0 Å². The fraction of sp³-hybridized carbons (Fsp3) is 0.700. The number of hydrogen-bond donors (Lipinski definition) is 2. The van der Waals surface area contributed by atoms with Gasteiger partial charge in [-0.2, -0.15) is 0 Å². The Morgan fingerprint density at radius 2 is 2.29 bits per heavy atom. The van der Waals surface area contributed by atoms with E-state index in [2.05, 4.69) is 10.3 Å². The van der Waals surface area contributed by atoms with Crippen LogP contribution in [-0.4, -0.2) is 29.8 Å². The Balaban J connectivity index is 2.00. The van der Waals surface area contributed by atoms with Gasteiger partial charge in [-0.15, -0.1) is 0 Å². The summed E-state index contributed by atoms with van der Waals surface area (Å²) in [5.74, 6) is 1.30. The summed E-state index contributed by atoms with van der Waals surface area (Å²) in [5.41, 5.74) is 0.862. The maximum absolute atomic E-state index is 8.75. The molecule has 0 radical (unpaired) electrons. The third-order valence-electron chi connectivity index (χ3n) is 2.63. The number of nitrogens with zero attached hydrogens (tertiary/aromatic N) is 1. The van der Waals surface area contributed by atoms with E-state index in [-0.39, 0.29) is 6.61 Å². The van der Waals surface area contributed by atoms with Crippen LogP contribution in [0.25, 0.3) is 0 Å². The predicted octanol–water partition coefficient (Wildman–Crippen LogP) is 0.676. The molecule has 0 bridgehead atoms. The molecule has 4 nitrogen and oxygen atoms in total. The highest BCUT2D eigenvalue weighted by Gasteiger charge is 2.19. The predicted molar refractivity (Wildman–Crippen MR) is 52.1 cm³/mol. The van der Waals surface area contributed by atoms with Crippen molar-refractivity contribution in [3.8, 4) is 0 Å². The molecule has 4 heteroatoms. The van der Waals surface area contributed by atoms with Gasteiger partial charge in [-0.05, 0) is 25.9 Å². The highest BCUT2D eigenvalue weighted by Crippen LogP contribution is 2.24. The lowest BCUT2D eigenvalue weighted by Gasteiger charge is -2.19.